The maximum atomic E-state index is 11.0. The first kappa shape index (κ1) is 10.8. The van der Waals surface area contributed by atoms with E-state index >= 15 is 0 Å². The molecule has 0 fully saturated rings. The summed E-state index contributed by atoms with van der Waals surface area (Å²) in [6.07, 6.45) is 0.942. The smallest absolute Gasteiger partial charge is 0.150 e. The van der Waals surface area contributed by atoms with Gasteiger partial charge in [0.25, 0.3) is 0 Å². The lowest BCUT2D eigenvalue weighted by atomic mass is 9.93. The molecule has 1 aromatic rings. The molecule has 0 bridgehead atoms. The van der Waals surface area contributed by atoms with Crippen LogP contribution < -0.4 is 5.32 Å². The fourth-order valence-electron chi connectivity index (χ4n) is 1.92. The van der Waals surface area contributed by atoms with Gasteiger partial charge in [0.05, 0.1) is 0 Å². The summed E-state index contributed by atoms with van der Waals surface area (Å²) in [5, 5.41) is 3.15. The lowest BCUT2D eigenvalue weighted by Gasteiger charge is -2.17. The molecule has 0 aromatic heterocycles. The zero-order valence-electron chi connectivity index (χ0n) is 9.49. The van der Waals surface area contributed by atoms with E-state index in [1.807, 2.05) is 20.9 Å². The molecule has 14 heavy (non-hydrogen) atoms. The zero-order valence-corrected chi connectivity index (χ0v) is 9.49. The van der Waals surface area contributed by atoms with Gasteiger partial charge in [-0.3, -0.25) is 4.79 Å². The summed E-state index contributed by atoms with van der Waals surface area (Å²) in [6, 6.07) is 0. The minimum absolute atomic E-state index is 0.817. The fourth-order valence-corrected chi connectivity index (χ4v) is 1.92. The van der Waals surface area contributed by atoms with E-state index in [9.17, 15) is 4.79 Å². The monoisotopic (exact) mass is 191 g/mol. The molecule has 1 aromatic carbocycles. The summed E-state index contributed by atoms with van der Waals surface area (Å²) >= 11 is 0. The number of nitrogens with one attached hydrogen (secondary N) is 1. The van der Waals surface area contributed by atoms with Crippen LogP contribution in [-0.2, 0) is 0 Å². The first-order valence-electron chi connectivity index (χ1n) is 4.77. The van der Waals surface area contributed by atoms with Crippen molar-refractivity contribution in [2.45, 2.75) is 27.7 Å². The number of carbonyl (C=O) groups is 1. The van der Waals surface area contributed by atoms with Crippen LogP contribution in [0.3, 0.4) is 0 Å². The van der Waals surface area contributed by atoms with Gasteiger partial charge in [0.15, 0.2) is 6.29 Å². The van der Waals surface area contributed by atoms with E-state index < -0.39 is 0 Å². The highest BCUT2D eigenvalue weighted by Crippen LogP contribution is 2.29. The van der Waals surface area contributed by atoms with Gasteiger partial charge in [-0.15, -0.1) is 0 Å². The number of benzene rings is 1. The predicted octanol–water partition coefficient (Wildman–Crippen LogP) is 2.77. The number of hydrogen-bond donors (Lipinski definition) is 1. The van der Waals surface area contributed by atoms with Gasteiger partial charge >= 0.3 is 0 Å². The maximum absolute atomic E-state index is 11.0. The van der Waals surface area contributed by atoms with Crippen LogP contribution in [0.15, 0.2) is 0 Å². The second-order valence-electron chi connectivity index (χ2n) is 3.66. The normalized spacial score (nSPS) is 10.1. The Hall–Kier alpha value is -1.31. The summed E-state index contributed by atoms with van der Waals surface area (Å²) in [5.74, 6) is 0. The second-order valence-corrected chi connectivity index (χ2v) is 3.66. The molecule has 0 radical (unpaired) electrons. The van der Waals surface area contributed by atoms with Crippen molar-refractivity contribution < 1.29 is 4.79 Å². The van der Waals surface area contributed by atoms with Gasteiger partial charge < -0.3 is 5.32 Å². The van der Waals surface area contributed by atoms with Crippen molar-refractivity contribution >= 4 is 12.0 Å². The minimum atomic E-state index is 0.817. The van der Waals surface area contributed by atoms with Crippen LogP contribution in [0.5, 0.6) is 0 Å². The van der Waals surface area contributed by atoms with Gasteiger partial charge in [0.2, 0.25) is 0 Å². The SMILES string of the molecule is CNc1c(C)c(C)c(C)c(C=O)c1C. The van der Waals surface area contributed by atoms with E-state index in [2.05, 4.69) is 19.2 Å². The highest BCUT2D eigenvalue weighted by atomic mass is 16.1. The molecular formula is C12H17NO. The van der Waals surface area contributed by atoms with Gasteiger partial charge in [-0.2, -0.15) is 0 Å². The van der Waals surface area contributed by atoms with Crippen molar-refractivity contribution in [1.29, 1.82) is 0 Å². The molecular weight excluding hydrogens is 174 g/mol. The van der Waals surface area contributed by atoms with Gasteiger partial charge in [-0.25, -0.2) is 0 Å². The quantitative estimate of drug-likeness (QED) is 0.728. The van der Waals surface area contributed by atoms with Crippen molar-refractivity contribution in [2.75, 3.05) is 12.4 Å². The third-order valence-electron chi connectivity index (χ3n) is 3.05. The van der Waals surface area contributed by atoms with Crippen molar-refractivity contribution in [2.24, 2.45) is 0 Å². The highest BCUT2D eigenvalue weighted by molar-refractivity contribution is 5.85. The summed E-state index contributed by atoms with van der Waals surface area (Å²) in [6.45, 7) is 8.11. The molecule has 0 saturated heterocycles. The number of carbonyl (C=O) groups excluding carboxylic acids is 1. The molecule has 1 N–H and O–H groups in total. The topological polar surface area (TPSA) is 29.1 Å². The molecule has 0 heterocycles. The molecule has 1 rings (SSSR count). The summed E-state index contributed by atoms with van der Waals surface area (Å²) in [7, 11) is 1.89. The Morgan fingerprint density at radius 2 is 1.50 bits per heavy atom. The second kappa shape index (κ2) is 3.82. The molecule has 0 aliphatic rings. The average Bonchev–Trinajstić information content (AvgIpc) is 2.16. The molecule has 0 spiro atoms. The Morgan fingerprint density at radius 1 is 0.929 bits per heavy atom. The molecule has 0 saturated carbocycles. The van der Waals surface area contributed by atoms with Gasteiger partial charge in [0.1, 0.15) is 0 Å². The average molecular weight is 191 g/mol. The summed E-state index contributed by atoms with van der Waals surface area (Å²) < 4.78 is 0. The van der Waals surface area contributed by atoms with Crippen LogP contribution in [0.25, 0.3) is 0 Å². The van der Waals surface area contributed by atoms with Crippen LogP contribution in [-0.4, -0.2) is 13.3 Å². The van der Waals surface area contributed by atoms with Crippen LogP contribution in [0.2, 0.25) is 0 Å². The van der Waals surface area contributed by atoms with Gasteiger partial charge in [-0.1, -0.05) is 0 Å². The fraction of sp³-hybridized carbons (Fsp3) is 0.417. The molecule has 0 unspecified atom stereocenters. The Morgan fingerprint density at radius 3 is 1.93 bits per heavy atom. The molecule has 0 aliphatic carbocycles. The number of hydrogen-bond acceptors (Lipinski definition) is 2. The number of aldehydes is 1. The van der Waals surface area contributed by atoms with Crippen LogP contribution in [0.1, 0.15) is 32.6 Å². The maximum Gasteiger partial charge on any atom is 0.150 e. The lowest BCUT2D eigenvalue weighted by molar-refractivity contribution is 0.112. The summed E-state index contributed by atoms with van der Waals surface area (Å²) in [4.78, 5) is 11.0. The predicted molar refractivity (Wildman–Crippen MR) is 60.3 cm³/mol. The third-order valence-corrected chi connectivity index (χ3v) is 3.05. The van der Waals surface area contributed by atoms with Gasteiger partial charge in [-0.05, 0) is 49.9 Å². The molecule has 76 valence electrons. The summed E-state index contributed by atoms with van der Waals surface area (Å²) in [5.41, 5.74) is 6.46. The van der Waals surface area contributed by atoms with E-state index in [1.54, 1.807) is 0 Å². The van der Waals surface area contributed by atoms with Crippen molar-refractivity contribution in [3.05, 3.63) is 27.8 Å². The van der Waals surface area contributed by atoms with E-state index in [0.717, 1.165) is 28.7 Å². The zero-order chi connectivity index (χ0) is 10.9. The molecule has 2 nitrogen and oxygen atoms in total. The lowest BCUT2D eigenvalue weighted by Crippen LogP contribution is -2.04. The Balaban J connectivity index is 3.64. The van der Waals surface area contributed by atoms with Gasteiger partial charge in [0, 0.05) is 18.3 Å². The standard InChI is InChI=1S/C12H17NO/c1-7-8(2)11(6-14)10(4)12(13-5)9(7)3/h6,13H,1-5H3. The van der Waals surface area contributed by atoms with Crippen LogP contribution >= 0.6 is 0 Å². The highest BCUT2D eigenvalue weighted by Gasteiger charge is 2.12. The third kappa shape index (κ3) is 1.41. The largest absolute Gasteiger partial charge is 0.388 e. The van der Waals surface area contributed by atoms with E-state index in [1.165, 1.54) is 11.1 Å². The number of anilines is 1. The first-order valence-corrected chi connectivity index (χ1v) is 4.77. The minimum Gasteiger partial charge on any atom is -0.388 e. The molecule has 2 heteroatoms. The van der Waals surface area contributed by atoms with E-state index in [4.69, 9.17) is 0 Å². The van der Waals surface area contributed by atoms with Crippen molar-refractivity contribution in [1.82, 2.24) is 0 Å². The first-order chi connectivity index (χ1) is 6.54. The van der Waals surface area contributed by atoms with Crippen LogP contribution in [0, 0.1) is 27.7 Å². The number of rotatable bonds is 2. The Labute approximate surface area is 85.3 Å². The van der Waals surface area contributed by atoms with E-state index in [-0.39, 0.29) is 0 Å². The molecule has 0 amide bonds. The molecule has 0 atom stereocenters. The van der Waals surface area contributed by atoms with E-state index in [0.29, 0.717) is 0 Å². The molecule has 0 aliphatic heterocycles. The van der Waals surface area contributed by atoms with Crippen molar-refractivity contribution in [3.63, 3.8) is 0 Å². The van der Waals surface area contributed by atoms with Crippen molar-refractivity contribution in [3.8, 4) is 0 Å². The van der Waals surface area contributed by atoms with Crippen LogP contribution in [0.4, 0.5) is 5.69 Å². The Bertz CT molecular complexity index is 381. The Kier molecular flexibility index (Phi) is 2.94.